The summed E-state index contributed by atoms with van der Waals surface area (Å²) < 4.78 is 2.19. The van der Waals surface area contributed by atoms with Crippen molar-refractivity contribution in [2.75, 3.05) is 5.75 Å². The van der Waals surface area contributed by atoms with Crippen molar-refractivity contribution in [3.8, 4) is 5.69 Å². The molecule has 4 nitrogen and oxygen atoms in total. The molecule has 0 radical (unpaired) electrons. The number of hydrogen-bond acceptors (Lipinski definition) is 4. The summed E-state index contributed by atoms with van der Waals surface area (Å²) >= 11 is 2.01. The van der Waals surface area contributed by atoms with E-state index in [9.17, 15) is 0 Å². The van der Waals surface area contributed by atoms with E-state index in [0.717, 1.165) is 22.7 Å². The first-order chi connectivity index (χ1) is 10.4. The van der Waals surface area contributed by atoms with Gasteiger partial charge in [-0.15, -0.1) is 0 Å². The number of aromatic nitrogens is 4. The maximum absolute atomic E-state index is 4.87. The lowest BCUT2D eigenvalue weighted by Gasteiger charge is -2.21. The third-order valence-electron chi connectivity index (χ3n) is 3.83. The van der Waals surface area contributed by atoms with Crippen LogP contribution in [0.25, 0.3) is 16.9 Å². The molecule has 5 heteroatoms. The molecule has 1 aliphatic rings. The fourth-order valence-corrected chi connectivity index (χ4v) is 4.13. The summed E-state index contributed by atoms with van der Waals surface area (Å²) in [5.74, 6) is 2.34. The highest BCUT2D eigenvalue weighted by Gasteiger charge is 2.24. The molecule has 0 N–H and O–H groups in total. The van der Waals surface area contributed by atoms with E-state index in [1.807, 2.05) is 54.6 Å². The molecule has 1 atom stereocenters. The molecular weight excluding hydrogens is 280 g/mol. The number of rotatable bonds is 2. The Balaban J connectivity index is 1.92. The molecule has 106 valence electrons. The molecule has 21 heavy (non-hydrogen) atoms. The Labute approximate surface area is 127 Å². The second kappa shape index (κ2) is 5.48. The highest BCUT2D eigenvalue weighted by Crippen LogP contribution is 2.39. The van der Waals surface area contributed by atoms with Crippen molar-refractivity contribution in [3.05, 3.63) is 48.7 Å². The smallest absolute Gasteiger partial charge is 0.164 e. The molecule has 0 aromatic carbocycles. The molecule has 0 amide bonds. The van der Waals surface area contributed by atoms with E-state index in [1.165, 1.54) is 25.0 Å². The minimum absolute atomic E-state index is 0.459. The van der Waals surface area contributed by atoms with E-state index in [-0.39, 0.29) is 0 Å². The molecule has 0 saturated carbocycles. The topological polar surface area (TPSA) is 43.6 Å². The molecule has 1 fully saturated rings. The summed E-state index contributed by atoms with van der Waals surface area (Å²) in [5, 5.41) is 0.459. The first-order valence-electron chi connectivity index (χ1n) is 7.29. The summed E-state index contributed by atoms with van der Waals surface area (Å²) in [6.07, 6.45) is 9.27. The van der Waals surface area contributed by atoms with Crippen LogP contribution in [0, 0.1) is 0 Å². The lowest BCUT2D eigenvalue weighted by molar-refractivity contribution is 0.657. The molecule has 1 unspecified atom stereocenters. The molecule has 1 saturated heterocycles. The molecule has 3 aromatic rings. The first-order valence-corrected chi connectivity index (χ1v) is 8.34. The van der Waals surface area contributed by atoms with Gasteiger partial charge < -0.3 is 0 Å². The Morgan fingerprint density at radius 2 is 2.00 bits per heavy atom. The SMILES string of the molecule is c1cnc2c(c1)nc(C1CCCCS1)n2-c1ccncc1. The zero-order valence-corrected chi connectivity index (χ0v) is 12.5. The molecule has 1 aliphatic heterocycles. The van der Waals surface area contributed by atoms with Crippen molar-refractivity contribution < 1.29 is 0 Å². The molecule has 0 bridgehead atoms. The summed E-state index contributed by atoms with van der Waals surface area (Å²) in [6, 6.07) is 8.03. The normalized spacial score (nSPS) is 19.0. The largest absolute Gasteiger partial charge is 0.280 e. The van der Waals surface area contributed by atoms with Gasteiger partial charge in [0.2, 0.25) is 0 Å². The van der Waals surface area contributed by atoms with Gasteiger partial charge in [0.05, 0.1) is 10.9 Å². The lowest BCUT2D eigenvalue weighted by atomic mass is 10.2. The third-order valence-corrected chi connectivity index (χ3v) is 5.20. The lowest BCUT2D eigenvalue weighted by Crippen LogP contribution is -2.09. The number of thioether (sulfide) groups is 1. The fraction of sp³-hybridized carbons (Fsp3) is 0.312. The van der Waals surface area contributed by atoms with E-state index in [4.69, 9.17) is 4.98 Å². The van der Waals surface area contributed by atoms with Gasteiger partial charge in [0.15, 0.2) is 5.65 Å². The standard InChI is InChI=1S/C16H16N4S/c1-2-11-21-14(5-1)16-19-13-4-3-8-18-15(13)20(16)12-6-9-17-10-7-12/h3-4,6-10,14H,1-2,5,11H2. The Morgan fingerprint density at radius 1 is 1.10 bits per heavy atom. The maximum atomic E-state index is 4.87. The van der Waals surface area contributed by atoms with Crippen LogP contribution >= 0.6 is 11.8 Å². The minimum Gasteiger partial charge on any atom is -0.280 e. The Bertz CT molecular complexity index is 747. The number of imidazole rings is 1. The zero-order valence-electron chi connectivity index (χ0n) is 11.6. The van der Waals surface area contributed by atoms with Crippen LogP contribution in [0.5, 0.6) is 0 Å². The van der Waals surface area contributed by atoms with Gasteiger partial charge >= 0.3 is 0 Å². The first kappa shape index (κ1) is 12.8. The quantitative estimate of drug-likeness (QED) is 0.722. The molecule has 3 aromatic heterocycles. The van der Waals surface area contributed by atoms with Crippen molar-refractivity contribution in [3.63, 3.8) is 0 Å². The second-order valence-electron chi connectivity index (χ2n) is 5.21. The maximum Gasteiger partial charge on any atom is 0.164 e. The van der Waals surface area contributed by atoms with Crippen LogP contribution in [0.1, 0.15) is 30.3 Å². The number of nitrogens with zero attached hydrogens (tertiary/aromatic N) is 4. The van der Waals surface area contributed by atoms with Gasteiger partial charge in [0.25, 0.3) is 0 Å². The van der Waals surface area contributed by atoms with E-state index >= 15 is 0 Å². The van der Waals surface area contributed by atoms with Crippen LogP contribution in [-0.2, 0) is 0 Å². The highest BCUT2D eigenvalue weighted by atomic mass is 32.2. The highest BCUT2D eigenvalue weighted by molar-refractivity contribution is 7.99. The van der Waals surface area contributed by atoms with Crippen molar-refractivity contribution >= 4 is 22.9 Å². The average molecular weight is 296 g/mol. The average Bonchev–Trinajstić information content (AvgIpc) is 2.96. The zero-order chi connectivity index (χ0) is 14.1. The van der Waals surface area contributed by atoms with Gasteiger partial charge in [-0.3, -0.25) is 9.55 Å². The van der Waals surface area contributed by atoms with E-state index < -0.39 is 0 Å². The summed E-state index contributed by atoms with van der Waals surface area (Å²) in [5.41, 5.74) is 2.99. The third kappa shape index (κ3) is 2.31. The predicted molar refractivity (Wildman–Crippen MR) is 85.7 cm³/mol. The van der Waals surface area contributed by atoms with Crippen LogP contribution < -0.4 is 0 Å². The van der Waals surface area contributed by atoms with E-state index in [0.29, 0.717) is 5.25 Å². The van der Waals surface area contributed by atoms with Gasteiger partial charge in [0.1, 0.15) is 11.3 Å². The van der Waals surface area contributed by atoms with Crippen LogP contribution in [0.3, 0.4) is 0 Å². The van der Waals surface area contributed by atoms with E-state index in [1.54, 1.807) is 0 Å². The summed E-state index contributed by atoms with van der Waals surface area (Å²) in [6.45, 7) is 0. The van der Waals surface area contributed by atoms with Crippen LogP contribution in [-0.4, -0.2) is 25.3 Å². The Hall–Kier alpha value is -1.88. The van der Waals surface area contributed by atoms with Gasteiger partial charge in [0, 0.05) is 18.6 Å². The molecule has 0 spiro atoms. The van der Waals surface area contributed by atoms with Crippen molar-refractivity contribution in [2.24, 2.45) is 0 Å². The van der Waals surface area contributed by atoms with Crippen LogP contribution in [0.2, 0.25) is 0 Å². The number of fused-ring (bicyclic) bond motifs is 1. The monoisotopic (exact) mass is 296 g/mol. The van der Waals surface area contributed by atoms with Gasteiger partial charge in [-0.1, -0.05) is 6.42 Å². The number of pyridine rings is 2. The molecule has 4 rings (SSSR count). The molecule has 0 aliphatic carbocycles. The molecular formula is C16H16N4S. The van der Waals surface area contributed by atoms with Crippen LogP contribution in [0.4, 0.5) is 0 Å². The Kier molecular flexibility index (Phi) is 3.35. The van der Waals surface area contributed by atoms with Gasteiger partial charge in [-0.2, -0.15) is 11.8 Å². The van der Waals surface area contributed by atoms with E-state index in [2.05, 4.69) is 14.5 Å². The molecule has 4 heterocycles. The van der Waals surface area contributed by atoms with Gasteiger partial charge in [-0.25, -0.2) is 9.97 Å². The van der Waals surface area contributed by atoms with Crippen LogP contribution in [0.15, 0.2) is 42.9 Å². The Morgan fingerprint density at radius 3 is 2.81 bits per heavy atom. The number of hydrogen-bond donors (Lipinski definition) is 0. The van der Waals surface area contributed by atoms with Crippen molar-refractivity contribution in [2.45, 2.75) is 24.5 Å². The second-order valence-corrected chi connectivity index (χ2v) is 6.52. The summed E-state index contributed by atoms with van der Waals surface area (Å²) in [4.78, 5) is 13.5. The summed E-state index contributed by atoms with van der Waals surface area (Å²) in [7, 11) is 0. The minimum atomic E-state index is 0.459. The van der Waals surface area contributed by atoms with Crippen molar-refractivity contribution in [1.29, 1.82) is 0 Å². The van der Waals surface area contributed by atoms with Gasteiger partial charge in [-0.05, 0) is 42.9 Å². The van der Waals surface area contributed by atoms with Crippen molar-refractivity contribution in [1.82, 2.24) is 19.5 Å². The predicted octanol–water partition coefficient (Wildman–Crippen LogP) is 3.77. The fourth-order valence-electron chi connectivity index (χ4n) is 2.84.